The first-order chi connectivity index (χ1) is 11.1. The minimum Gasteiger partial charge on any atom is -0.497 e. The van der Waals surface area contributed by atoms with Crippen molar-refractivity contribution in [1.82, 2.24) is 9.97 Å². The summed E-state index contributed by atoms with van der Waals surface area (Å²) in [5, 5.41) is 0.931. The predicted molar refractivity (Wildman–Crippen MR) is 93.8 cm³/mol. The summed E-state index contributed by atoms with van der Waals surface area (Å²) < 4.78 is 5.12. The van der Waals surface area contributed by atoms with E-state index < -0.39 is 0 Å². The van der Waals surface area contributed by atoms with E-state index in [0.29, 0.717) is 21.8 Å². The molecule has 1 N–H and O–H groups in total. The summed E-state index contributed by atoms with van der Waals surface area (Å²) in [6.07, 6.45) is 1.75. The molecule has 2 aromatic carbocycles. The fourth-order valence-corrected chi connectivity index (χ4v) is 2.55. The number of H-pyrrole nitrogens is 1. The molecule has 0 spiro atoms. The number of nitrogens with one attached hydrogen (secondary N) is 1. The molecule has 4 nitrogen and oxygen atoms in total. The zero-order valence-electron chi connectivity index (χ0n) is 12.8. The van der Waals surface area contributed by atoms with Gasteiger partial charge in [0.15, 0.2) is 5.82 Å². The molecular weight excluding hydrogens is 312 g/mol. The van der Waals surface area contributed by atoms with Crippen LogP contribution in [0.15, 0.2) is 47.3 Å². The molecule has 0 unspecified atom stereocenters. The first-order valence-corrected chi connectivity index (χ1v) is 7.47. The van der Waals surface area contributed by atoms with Crippen LogP contribution in [-0.4, -0.2) is 17.1 Å². The van der Waals surface area contributed by atoms with E-state index in [1.54, 1.807) is 19.3 Å². The number of hydrogen-bond acceptors (Lipinski definition) is 3. The highest BCUT2D eigenvalue weighted by Gasteiger charge is 2.08. The van der Waals surface area contributed by atoms with Gasteiger partial charge in [0.25, 0.3) is 5.56 Å². The topological polar surface area (TPSA) is 55.0 Å². The summed E-state index contributed by atoms with van der Waals surface area (Å²) in [6.45, 7) is 1.92. The van der Waals surface area contributed by atoms with Gasteiger partial charge < -0.3 is 9.72 Å². The maximum absolute atomic E-state index is 12.2. The van der Waals surface area contributed by atoms with Crippen molar-refractivity contribution in [1.29, 1.82) is 0 Å². The van der Waals surface area contributed by atoms with Crippen LogP contribution in [0.5, 0.6) is 5.75 Å². The Bertz CT molecular complexity index is 943. The van der Waals surface area contributed by atoms with Crippen LogP contribution in [0.25, 0.3) is 22.0 Å². The Hall–Kier alpha value is -2.59. The number of aryl methyl sites for hydroxylation is 1. The smallest absolute Gasteiger partial charge is 0.259 e. The molecule has 0 saturated heterocycles. The predicted octanol–water partition coefficient (Wildman–Crippen LogP) is 3.98. The van der Waals surface area contributed by atoms with Crippen molar-refractivity contribution in [3.05, 3.63) is 69.8 Å². The molecule has 23 heavy (non-hydrogen) atoms. The van der Waals surface area contributed by atoms with E-state index in [4.69, 9.17) is 16.3 Å². The van der Waals surface area contributed by atoms with Crippen LogP contribution in [-0.2, 0) is 0 Å². The van der Waals surface area contributed by atoms with Crippen molar-refractivity contribution in [2.24, 2.45) is 0 Å². The summed E-state index contributed by atoms with van der Waals surface area (Å²) in [4.78, 5) is 19.4. The Labute approximate surface area is 138 Å². The number of ether oxygens (including phenoxy) is 1. The Morgan fingerprint density at radius 1 is 1.22 bits per heavy atom. The van der Waals surface area contributed by atoms with Crippen molar-refractivity contribution in [3.63, 3.8) is 0 Å². The summed E-state index contributed by atoms with van der Waals surface area (Å²) in [6, 6.07) is 13.0. The molecule has 1 heterocycles. The average molecular weight is 327 g/mol. The molecule has 1 aromatic heterocycles. The number of para-hydroxylation sites is 1. The second-order valence-corrected chi connectivity index (χ2v) is 5.56. The van der Waals surface area contributed by atoms with E-state index in [2.05, 4.69) is 9.97 Å². The monoisotopic (exact) mass is 326 g/mol. The van der Waals surface area contributed by atoms with Crippen molar-refractivity contribution in [2.75, 3.05) is 7.11 Å². The van der Waals surface area contributed by atoms with Crippen molar-refractivity contribution < 1.29 is 4.74 Å². The maximum Gasteiger partial charge on any atom is 0.259 e. The van der Waals surface area contributed by atoms with Crippen LogP contribution in [0.4, 0.5) is 0 Å². The number of nitrogens with zero attached hydrogens (tertiary/aromatic N) is 1. The highest BCUT2D eigenvalue weighted by Crippen LogP contribution is 2.22. The zero-order valence-corrected chi connectivity index (χ0v) is 13.5. The molecule has 3 rings (SSSR count). The second kappa shape index (κ2) is 6.26. The summed E-state index contributed by atoms with van der Waals surface area (Å²) in [5.74, 6) is 1.13. The van der Waals surface area contributed by atoms with Gasteiger partial charge in [0.05, 0.1) is 23.0 Å². The Kier molecular flexibility index (Phi) is 4.17. The molecule has 5 heteroatoms. The molecule has 0 saturated carbocycles. The van der Waals surface area contributed by atoms with Crippen molar-refractivity contribution in [2.45, 2.75) is 6.92 Å². The number of benzene rings is 2. The van der Waals surface area contributed by atoms with E-state index in [0.717, 1.165) is 16.9 Å². The van der Waals surface area contributed by atoms with Gasteiger partial charge in [-0.15, -0.1) is 0 Å². The lowest BCUT2D eigenvalue weighted by atomic mass is 10.1. The Morgan fingerprint density at radius 2 is 1.96 bits per heavy atom. The number of fused-ring (bicyclic) bond motifs is 1. The summed E-state index contributed by atoms with van der Waals surface area (Å²) >= 11 is 6.34. The standard InChI is InChI=1S/C18H15ClN2O2/c1-11-4-3-5-14-16(11)20-17(21-18(14)22)15(19)10-12-6-8-13(23-2)9-7-12/h3-10H,1-2H3,(H,20,21,22). The van der Waals surface area contributed by atoms with Gasteiger partial charge in [-0.25, -0.2) is 4.98 Å². The molecule has 0 bridgehead atoms. The third-order valence-corrected chi connectivity index (χ3v) is 3.86. The second-order valence-electron chi connectivity index (χ2n) is 5.15. The highest BCUT2D eigenvalue weighted by molar-refractivity contribution is 6.50. The largest absolute Gasteiger partial charge is 0.497 e. The van der Waals surface area contributed by atoms with Crippen LogP contribution >= 0.6 is 11.6 Å². The number of rotatable bonds is 3. The van der Waals surface area contributed by atoms with Gasteiger partial charge in [-0.3, -0.25) is 4.79 Å². The molecule has 3 aromatic rings. The Balaban J connectivity index is 2.06. The van der Waals surface area contributed by atoms with Gasteiger partial charge in [0.1, 0.15) is 5.75 Å². The molecule has 0 aliphatic heterocycles. The number of hydrogen-bond donors (Lipinski definition) is 1. The fraction of sp³-hybridized carbons (Fsp3) is 0.111. The fourth-order valence-electron chi connectivity index (χ4n) is 2.33. The van der Waals surface area contributed by atoms with Crippen LogP contribution in [0.2, 0.25) is 0 Å². The molecule has 0 amide bonds. The molecule has 116 valence electrons. The molecule has 0 radical (unpaired) electrons. The maximum atomic E-state index is 12.2. The third kappa shape index (κ3) is 3.12. The van der Waals surface area contributed by atoms with Gasteiger partial charge >= 0.3 is 0 Å². The van der Waals surface area contributed by atoms with Crippen LogP contribution in [0, 0.1) is 6.92 Å². The van der Waals surface area contributed by atoms with E-state index in [9.17, 15) is 4.79 Å². The molecule has 0 atom stereocenters. The number of aromatic nitrogens is 2. The molecular formula is C18H15ClN2O2. The quantitative estimate of drug-likeness (QED) is 0.792. The average Bonchev–Trinajstić information content (AvgIpc) is 2.56. The van der Waals surface area contributed by atoms with Crippen molar-refractivity contribution >= 4 is 33.6 Å². The molecule has 0 fully saturated rings. The lowest BCUT2D eigenvalue weighted by molar-refractivity contribution is 0.415. The first-order valence-electron chi connectivity index (χ1n) is 7.10. The van der Waals surface area contributed by atoms with Gasteiger partial charge in [-0.2, -0.15) is 0 Å². The van der Waals surface area contributed by atoms with Gasteiger partial charge in [0.2, 0.25) is 0 Å². The van der Waals surface area contributed by atoms with Crippen LogP contribution in [0.1, 0.15) is 17.0 Å². The number of aromatic amines is 1. The number of methoxy groups -OCH3 is 1. The third-order valence-electron chi connectivity index (χ3n) is 3.57. The molecule has 0 aliphatic carbocycles. The zero-order chi connectivity index (χ0) is 16.4. The van der Waals surface area contributed by atoms with E-state index >= 15 is 0 Å². The molecule has 0 aliphatic rings. The lowest BCUT2D eigenvalue weighted by Gasteiger charge is -2.05. The van der Waals surface area contributed by atoms with Crippen molar-refractivity contribution in [3.8, 4) is 5.75 Å². The van der Waals surface area contributed by atoms with Crippen LogP contribution in [0.3, 0.4) is 0 Å². The minimum atomic E-state index is -0.199. The normalized spacial score (nSPS) is 11.7. The van der Waals surface area contributed by atoms with Gasteiger partial charge in [0, 0.05) is 0 Å². The summed E-state index contributed by atoms with van der Waals surface area (Å²) in [5.41, 5.74) is 2.29. The SMILES string of the molecule is COc1ccc(C=C(Cl)c2nc3c(C)cccc3c(=O)[nH]2)cc1. The highest BCUT2D eigenvalue weighted by atomic mass is 35.5. The minimum absolute atomic E-state index is 0.199. The first kappa shape index (κ1) is 15.3. The van der Waals surface area contributed by atoms with E-state index in [1.165, 1.54) is 0 Å². The van der Waals surface area contributed by atoms with Gasteiger partial charge in [-0.1, -0.05) is 35.9 Å². The number of halogens is 1. The van der Waals surface area contributed by atoms with E-state index in [-0.39, 0.29) is 5.56 Å². The Morgan fingerprint density at radius 3 is 2.65 bits per heavy atom. The van der Waals surface area contributed by atoms with E-state index in [1.807, 2.05) is 43.3 Å². The summed E-state index contributed by atoms with van der Waals surface area (Å²) in [7, 11) is 1.61. The van der Waals surface area contributed by atoms with Gasteiger partial charge in [-0.05, 0) is 42.3 Å². The lowest BCUT2D eigenvalue weighted by Crippen LogP contribution is -2.11. The van der Waals surface area contributed by atoms with Crippen LogP contribution < -0.4 is 10.3 Å².